The van der Waals surface area contributed by atoms with Crippen LogP contribution >= 0.6 is 0 Å². The molecule has 2 aliphatic heterocycles. The highest BCUT2D eigenvalue weighted by molar-refractivity contribution is 7.89. The fourth-order valence-electron chi connectivity index (χ4n) is 3.34. The molecule has 0 saturated carbocycles. The van der Waals surface area contributed by atoms with Crippen molar-refractivity contribution in [2.75, 3.05) is 18.9 Å². The van der Waals surface area contributed by atoms with E-state index in [1.165, 1.54) is 10.5 Å². The fraction of sp³-hybridized carbons (Fsp3) is 0.294. The lowest BCUT2D eigenvalue weighted by molar-refractivity contribution is 0.0938. The van der Waals surface area contributed by atoms with Crippen molar-refractivity contribution >= 4 is 21.7 Å². The van der Waals surface area contributed by atoms with E-state index in [4.69, 9.17) is 10.5 Å². The molecule has 1 aromatic carbocycles. The summed E-state index contributed by atoms with van der Waals surface area (Å²) in [4.78, 5) is 16.4. The number of fused-ring (bicyclic) bond motifs is 2. The minimum atomic E-state index is -3.67. The van der Waals surface area contributed by atoms with Gasteiger partial charge < -0.3 is 15.8 Å². The lowest BCUT2D eigenvalue weighted by atomic mass is 10.1. The van der Waals surface area contributed by atoms with Gasteiger partial charge >= 0.3 is 0 Å². The number of nitrogen functional groups attached to an aromatic ring is 1. The second-order valence-electron chi connectivity index (χ2n) is 6.36. The van der Waals surface area contributed by atoms with Crippen LogP contribution in [0.4, 0.5) is 5.82 Å². The smallest absolute Gasteiger partial charge is 0.253 e. The maximum absolute atomic E-state index is 13.0. The number of aromatic nitrogens is 1. The van der Waals surface area contributed by atoms with Gasteiger partial charge in [0.25, 0.3) is 5.91 Å². The number of anilines is 1. The van der Waals surface area contributed by atoms with Gasteiger partial charge in [-0.2, -0.15) is 4.31 Å². The molecular formula is C17H18N4O4S. The van der Waals surface area contributed by atoms with E-state index in [-0.39, 0.29) is 36.0 Å². The SMILES string of the molecule is Nc1ccc(C(=O)N[C@H]2C[C@H]3COc4ccccc4S(=O)(=O)N3C2)cn1. The summed E-state index contributed by atoms with van der Waals surface area (Å²) in [5.74, 6) is 0.395. The first-order valence-electron chi connectivity index (χ1n) is 8.21. The van der Waals surface area contributed by atoms with Crippen LogP contribution in [-0.4, -0.2) is 48.8 Å². The van der Waals surface area contributed by atoms with Crippen molar-refractivity contribution in [3.63, 3.8) is 0 Å². The Morgan fingerprint density at radius 2 is 2.08 bits per heavy atom. The van der Waals surface area contributed by atoms with Gasteiger partial charge in [0.1, 0.15) is 23.1 Å². The summed E-state index contributed by atoms with van der Waals surface area (Å²) < 4.78 is 33.0. The molecule has 4 rings (SSSR count). The van der Waals surface area contributed by atoms with Gasteiger partial charge in [0.15, 0.2) is 0 Å². The van der Waals surface area contributed by atoms with E-state index in [1.807, 2.05) is 0 Å². The molecule has 136 valence electrons. The molecule has 0 spiro atoms. The number of hydrogen-bond donors (Lipinski definition) is 2. The topological polar surface area (TPSA) is 115 Å². The maximum Gasteiger partial charge on any atom is 0.253 e. The third kappa shape index (κ3) is 2.89. The number of nitrogens with two attached hydrogens (primary N) is 1. The number of pyridine rings is 1. The van der Waals surface area contributed by atoms with E-state index in [2.05, 4.69) is 10.3 Å². The average molecular weight is 374 g/mol. The predicted molar refractivity (Wildman–Crippen MR) is 94.1 cm³/mol. The molecule has 1 saturated heterocycles. The third-order valence-corrected chi connectivity index (χ3v) is 6.57. The zero-order chi connectivity index (χ0) is 18.3. The molecule has 2 atom stereocenters. The molecule has 3 N–H and O–H groups in total. The summed E-state index contributed by atoms with van der Waals surface area (Å²) in [6.07, 6.45) is 1.88. The Balaban J connectivity index is 1.53. The Hall–Kier alpha value is -2.65. The number of nitrogens with zero attached hydrogens (tertiary/aromatic N) is 2. The summed E-state index contributed by atoms with van der Waals surface area (Å²) in [7, 11) is -3.67. The number of rotatable bonds is 2. The zero-order valence-electron chi connectivity index (χ0n) is 13.8. The van der Waals surface area contributed by atoms with Crippen LogP contribution in [0.5, 0.6) is 5.75 Å². The number of ether oxygens (including phenoxy) is 1. The highest BCUT2D eigenvalue weighted by Gasteiger charge is 2.44. The van der Waals surface area contributed by atoms with Crippen LogP contribution in [0.15, 0.2) is 47.5 Å². The zero-order valence-corrected chi connectivity index (χ0v) is 14.6. The normalized spacial score (nSPS) is 24.0. The van der Waals surface area contributed by atoms with E-state index in [1.54, 1.807) is 36.4 Å². The fourth-order valence-corrected chi connectivity index (χ4v) is 5.14. The van der Waals surface area contributed by atoms with Crippen molar-refractivity contribution in [3.05, 3.63) is 48.2 Å². The molecule has 0 unspecified atom stereocenters. The quantitative estimate of drug-likeness (QED) is 0.796. The van der Waals surface area contributed by atoms with Gasteiger partial charge in [-0.15, -0.1) is 0 Å². The molecule has 0 aliphatic carbocycles. The first kappa shape index (κ1) is 16.8. The Bertz CT molecular complexity index is 945. The monoisotopic (exact) mass is 374 g/mol. The molecule has 0 bridgehead atoms. The standard InChI is InChI=1S/C17H18N4O4S/c18-16-6-5-11(8-19-16)17(22)20-12-7-13-10-25-14-3-1-2-4-15(14)26(23,24)21(13)9-12/h1-6,8,12-13H,7,9-10H2,(H2,18,19)(H,20,22)/t12-,13-/m0/s1. The van der Waals surface area contributed by atoms with E-state index < -0.39 is 10.0 Å². The molecule has 2 aromatic rings. The minimum Gasteiger partial charge on any atom is -0.490 e. The number of carbonyl (C=O) groups is 1. The maximum atomic E-state index is 13.0. The second-order valence-corrected chi connectivity index (χ2v) is 8.22. The van der Waals surface area contributed by atoms with Crippen molar-refractivity contribution < 1.29 is 17.9 Å². The lowest BCUT2D eigenvalue weighted by Gasteiger charge is -2.19. The van der Waals surface area contributed by atoms with Crippen molar-refractivity contribution in [2.24, 2.45) is 0 Å². The number of nitrogens with one attached hydrogen (secondary N) is 1. The first-order valence-corrected chi connectivity index (χ1v) is 9.65. The number of hydrogen-bond acceptors (Lipinski definition) is 6. The van der Waals surface area contributed by atoms with Gasteiger partial charge in [-0.3, -0.25) is 4.79 Å². The molecule has 9 heteroatoms. The van der Waals surface area contributed by atoms with Crippen LogP contribution < -0.4 is 15.8 Å². The predicted octanol–water partition coefficient (Wildman–Crippen LogP) is 0.618. The highest BCUT2D eigenvalue weighted by Crippen LogP contribution is 2.35. The summed E-state index contributed by atoms with van der Waals surface area (Å²) >= 11 is 0. The molecule has 1 aromatic heterocycles. The summed E-state index contributed by atoms with van der Waals surface area (Å²) in [5.41, 5.74) is 5.90. The molecule has 26 heavy (non-hydrogen) atoms. The molecule has 2 aliphatic rings. The number of carbonyl (C=O) groups excluding carboxylic acids is 1. The Kier molecular flexibility index (Phi) is 4.04. The number of para-hydroxylation sites is 1. The Morgan fingerprint density at radius 1 is 1.27 bits per heavy atom. The summed E-state index contributed by atoms with van der Waals surface area (Å²) in [5, 5.41) is 2.87. The number of sulfonamides is 1. The van der Waals surface area contributed by atoms with Crippen molar-refractivity contribution in [2.45, 2.75) is 23.4 Å². The van der Waals surface area contributed by atoms with Crippen LogP contribution in [0.25, 0.3) is 0 Å². The molecule has 8 nitrogen and oxygen atoms in total. The minimum absolute atomic E-state index is 0.164. The van der Waals surface area contributed by atoms with Gasteiger partial charge in [0.05, 0.1) is 11.6 Å². The van der Waals surface area contributed by atoms with Crippen LogP contribution in [-0.2, 0) is 10.0 Å². The first-order chi connectivity index (χ1) is 12.4. The van der Waals surface area contributed by atoms with Crippen LogP contribution in [0.3, 0.4) is 0 Å². The van der Waals surface area contributed by atoms with E-state index in [9.17, 15) is 13.2 Å². The molecule has 1 amide bonds. The van der Waals surface area contributed by atoms with Crippen LogP contribution in [0.1, 0.15) is 16.8 Å². The lowest BCUT2D eigenvalue weighted by Crippen LogP contribution is -2.39. The number of amides is 1. The molecule has 0 radical (unpaired) electrons. The van der Waals surface area contributed by atoms with E-state index in [0.29, 0.717) is 23.6 Å². The van der Waals surface area contributed by atoms with Gasteiger partial charge in [-0.1, -0.05) is 12.1 Å². The van der Waals surface area contributed by atoms with Gasteiger partial charge in [-0.25, -0.2) is 13.4 Å². The van der Waals surface area contributed by atoms with Crippen molar-refractivity contribution in [3.8, 4) is 5.75 Å². The Labute approximate surface area is 151 Å². The van der Waals surface area contributed by atoms with Crippen molar-refractivity contribution in [1.82, 2.24) is 14.6 Å². The van der Waals surface area contributed by atoms with Gasteiger partial charge in [0, 0.05) is 18.8 Å². The van der Waals surface area contributed by atoms with Crippen LogP contribution in [0.2, 0.25) is 0 Å². The van der Waals surface area contributed by atoms with Crippen molar-refractivity contribution in [1.29, 1.82) is 0 Å². The summed E-state index contributed by atoms with van der Waals surface area (Å²) in [6.45, 7) is 0.463. The highest BCUT2D eigenvalue weighted by atomic mass is 32.2. The van der Waals surface area contributed by atoms with E-state index >= 15 is 0 Å². The molecule has 3 heterocycles. The molecular weight excluding hydrogens is 356 g/mol. The largest absolute Gasteiger partial charge is 0.490 e. The van der Waals surface area contributed by atoms with Gasteiger partial charge in [-0.05, 0) is 30.7 Å². The summed E-state index contributed by atoms with van der Waals surface area (Å²) in [6, 6.07) is 9.13. The van der Waals surface area contributed by atoms with Crippen LogP contribution in [0, 0.1) is 0 Å². The average Bonchev–Trinajstić information content (AvgIpc) is 3.00. The molecule has 1 fully saturated rings. The number of benzene rings is 1. The second kappa shape index (κ2) is 6.26. The third-order valence-electron chi connectivity index (χ3n) is 4.61. The Morgan fingerprint density at radius 3 is 2.85 bits per heavy atom. The van der Waals surface area contributed by atoms with Gasteiger partial charge in [0.2, 0.25) is 10.0 Å². The van der Waals surface area contributed by atoms with E-state index in [0.717, 1.165) is 0 Å².